The summed E-state index contributed by atoms with van der Waals surface area (Å²) in [6.07, 6.45) is -0.841. The third kappa shape index (κ3) is 3.35. The molecule has 0 saturated heterocycles. The summed E-state index contributed by atoms with van der Waals surface area (Å²) in [4.78, 5) is 4.30. The quantitative estimate of drug-likeness (QED) is 0.873. The molecule has 0 fully saturated rings. The molecule has 18 heavy (non-hydrogen) atoms. The van der Waals surface area contributed by atoms with Crippen molar-refractivity contribution in [2.24, 2.45) is 0 Å². The summed E-state index contributed by atoms with van der Waals surface area (Å²) in [6.45, 7) is 2.83. The lowest BCUT2D eigenvalue weighted by Crippen LogP contribution is -2.21. The Morgan fingerprint density at radius 1 is 1.44 bits per heavy atom. The van der Waals surface area contributed by atoms with Gasteiger partial charge in [-0.15, -0.1) is 11.3 Å². The molecule has 0 aliphatic carbocycles. The van der Waals surface area contributed by atoms with Crippen molar-refractivity contribution >= 4 is 11.3 Å². The van der Waals surface area contributed by atoms with Crippen LogP contribution in [0.4, 0.5) is 4.39 Å². The van der Waals surface area contributed by atoms with Crippen molar-refractivity contribution < 1.29 is 9.50 Å². The smallest absolute Gasteiger partial charge is 0.129 e. The lowest BCUT2D eigenvalue weighted by molar-refractivity contribution is 0.169. The molecule has 0 aliphatic rings. The minimum Gasteiger partial charge on any atom is -0.387 e. The van der Waals surface area contributed by atoms with Crippen LogP contribution in [-0.4, -0.2) is 16.6 Å². The summed E-state index contributed by atoms with van der Waals surface area (Å²) in [5.74, 6) is -0.378. The molecule has 2 N–H and O–H groups in total. The maximum Gasteiger partial charge on any atom is 0.129 e. The number of aliphatic hydroxyl groups excluding tert-OH is 1. The number of halogens is 1. The van der Waals surface area contributed by atoms with Gasteiger partial charge in [0.25, 0.3) is 0 Å². The Balaban J connectivity index is 1.85. The molecule has 1 aromatic heterocycles. The molecule has 0 aliphatic heterocycles. The van der Waals surface area contributed by atoms with Gasteiger partial charge in [-0.2, -0.15) is 0 Å². The van der Waals surface area contributed by atoms with E-state index in [-0.39, 0.29) is 5.82 Å². The van der Waals surface area contributed by atoms with Crippen LogP contribution in [0.15, 0.2) is 29.6 Å². The summed E-state index contributed by atoms with van der Waals surface area (Å²) in [7, 11) is 0. The fourth-order valence-electron chi connectivity index (χ4n) is 1.66. The molecule has 1 aromatic carbocycles. The molecule has 96 valence electrons. The Bertz CT molecular complexity index is 515. The monoisotopic (exact) mass is 266 g/mol. The Morgan fingerprint density at radius 3 is 2.89 bits per heavy atom. The Hall–Kier alpha value is -1.30. The molecule has 0 radical (unpaired) electrons. The van der Waals surface area contributed by atoms with Crippen molar-refractivity contribution in [3.63, 3.8) is 0 Å². The summed E-state index contributed by atoms with van der Waals surface area (Å²) in [5.41, 5.74) is 1.31. The summed E-state index contributed by atoms with van der Waals surface area (Å²) < 4.78 is 13.4. The molecule has 1 heterocycles. The molecule has 0 bridgehead atoms. The van der Waals surface area contributed by atoms with Crippen molar-refractivity contribution in [3.05, 3.63) is 51.7 Å². The number of thiazole rings is 1. The number of nitrogens with zero attached hydrogens (tertiary/aromatic N) is 1. The molecule has 0 saturated carbocycles. The highest BCUT2D eigenvalue weighted by molar-refractivity contribution is 7.09. The zero-order chi connectivity index (χ0) is 13.0. The number of rotatable bonds is 5. The molecule has 1 unspecified atom stereocenters. The third-order valence-electron chi connectivity index (χ3n) is 2.54. The van der Waals surface area contributed by atoms with Gasteiger partial charge in [0.2, 0.25) is 0 Å². The van der Waals surface area contributed by atoms with E-state index in [1.807, 2.05) is 12.3 Å². The van der Waals surface area contributed by atoms with Crippen LogP contribution < -0.4 is 5.32 Å². The van der Waals surface area contributed by atoms with E-state index in [1.54, 1.807) is 29.5 Å². The maximum atomic E-state index is 13.4. The fraction of sp³-hybridized carbons (Fsp3) is 0.308. The first-order chi connectivity index (χ1) is 8.66. The first-order valence-corrected chi connectivity index (χ1v) is 6.59. The van der Waals surface area contributed by atoms with E-state index in [0.717, 1.165) is 10.7 Å². The van der Waals surface area contributed by atoms with E-state index in [0.29, 0.717) is 18.7 Å². The van der Waals surface area contributed by atoms with E-state index in [2.05, 4.69) is 10.3 Å². The van der Waals surface area contributed by atoms with Gasteiger partial charge in [0.05, 0.1) is 6.10 Å². The third-order valence-corrected chi connectivity index (χ3v) is 3.51. The van der Waals surface area contributed by atoms with Crippen molar-refractivity contribution in [2.45, 2.75) is 19.6 Å². The second-order valence-electron chi connectivity index (χ2n) is 4.05. The van der Waals surface area contributed by atoms with Crippen molar-refractivity contribution in [1.82, 2.24) is 10.3 Å². The molecule has 2 aromatic rings. The minimum absolute atomic E-state index is 0.305. The number of aliphatic hydroxyl groups is 1. The van der Waals surface area contributed by atoms with E-state index in [4.69, 9.17) is 0 Å². The molecule has 0 amide bonds. The lowest BCUT2D eigenvalue weighted by Gasteiger charge is -2.12. The Kier molecular flexibility index (Phi) is 4.41. The van der Waals surface area contributed by atoms with Gasteiger partial charge in [-0.3, -0.25) is 0 Å². The largest absolute Gasteiger partial charge is 0.387 e. The molecular weight excluding hydrogens is 251 g/mol. The molecule has 5 heteroatoms. The Morgan fingerprint density at radius 2 is 2.22 bits per heavy atom. The van der Waals surface area contributed by atoms with Crippen LogP contribution in [0.3, 0.4) is 0 Å². The van der Waals surface area contributed by atoms with Crippen molar-refractivity contribution in [3.8, 4) is 0 Å². The number of nitrogens with one attached hydrogen (secondary N) is 1. The van der Waals surface area contributed by atoms with Gasteiger partial charge >= 0.3 is 0 Å². The predicted octanol–water partition coefficient (Wildman–Crippen LogP) is 2.41. The highest BCUT2D eigenvalue weighted by Gasteiger charge is 2.11. The maximum absolute atomic E-state index is 13.4. The van der Waals surface area contributed by atoms with Gasteiger partial charge in [-0.25, -0.2) is 9.37 Å². The highest BCUT2D eigenvalue weighted by Crippen LogP contribution is 2.16. The zero-order valence-corrected chi connectivity index (χ0v) is 10.9. The van der Waals surface area contributed by atoms with Crippen LogP contribution >= 0.6 is 11.3 Å². The summed E-state index contributed by atoms with van der Waals surface area (Å²) in [5, 5.41) is 15.9. The van der Waals surface area contributed by atoms with Gasteiger partial charge in [0.1, 0.15) is 10.8 Å². The van der Waals surface area contributed by atoms with Crippen molar-refractivity contribution in [1.29, 1.82) is 0 Å². The first kappa shape index (κ1) is 13.1. The number of hydrogen-bond acceptors (Lipinski definition) is 4. The van der Waals surface area contributed by atoms with Gasteiger partial charge < -0.3 is 10.4 Å². The summed E-state index contributed by atoms with van der Waals surface area (Å²) >= 11 is 1.57. The molecule has 1 atom stereocenters. The average Bonchev–Trinajstić information content (AvgIpc) is 2.75. The number of aromatic nitrogens is 1. The number of benzene rings is 1. The van der Waals surface area contributed by atoms with Crippen molar-refractivity contribution in [2.75, 3.05) is 6.54 Å². The minimum atomic E-state index is -0.841. The Labute approximate surface area is 109 Å². The molecule has 0 spiro atoms. The SMILES string of the molecule is Cc1csc(CNCC(O)c2ccccc2F)n1. The lowest BCUT2D eigenvalue weighted by atomic mass is 10.1. The second-order valence-corrected chi connectivity index (χ2v) is 4.99. The topological polar surface area (TPSA) is 45.1 Å². The summed E-state index contributed by atoms with van der Waals surface area (Å²) in [6, 6.07) is 6.26. The van der Waals surface area contributed by atoms with Crippen LogP contribution in [0.25, 0.3) is 0 Å². The normalized spacial score (nSPS) is 12.6. The number of hydrogen-bond donors (Lipinski definition) is 2. The van der Waals surface area contributed by atoms with Gasteiger partial charge in [-0.05, 0) is 13.0 Å². The van der Waals surface area contributed by atoms with Gasteiger partial charge in [-0.1, -0.05) is 18.2 Å². The van der Waals surface area contributed by atoms with Crippen LogP contribution in [0.2, 0.25) is 0 Å². The first-order valence-electron chi connectivity index (χ1n) is 5.71. The zero-order valence-electron chi connectivity index (χ0n) is 10.1. The number of aryl methyl sites for hydroxylation is 1. The van der Waals surface area contributed by atoms with Gasteiger partial charge in [0.15, 0.2) is 0 Å². The van der Waals surface area contributed by atoms with Crippen LogP contribution in [0.1, 0.15) is 22.4 Å². The van der Waals surface area contributed by atoms with E-state index < -0.39 is 6.10 Å². The van der Waals surface area contributed by atoms with Crippen LogP contribution in [-0.2, 0) is 6.54 Å². The van der Waals surface area contributed by atoms with E-state index in [9.17, 15) is 9.50 Å². The van der Waals surface area contributed by atoms with Gasteiger partial charge in [0, 0.05) is 29.7 Å². The van der Waals surface area contributed by atoms with E-state index in [1.165, 1.54) is 6.07 Å². The molecule has 2 rings (SSSR count). The molecule has 3 nitrogen and oxygen atoms in total. The van der Waals surface area contributed by atoms with Crippen LogP contribution in [0.5, 0.6) is 0 Å². The standard InChI is InChI=1S/C13H15FN2OS/c1-9-8-18-13(16-9)7-15-6-12(17)10-4-2-3-5-11(10)14/h2-5,8,12,15,17H,6-7H2,1H3. The van der Waals surface area contributed by atoms with E-state index >= 15 is 0 Å². The van der Waals surface area contributed by atoms with Crippen LogP contribution in [0, 0.1) is 12.7 Å². The molecular formula is C13H15FN2OS. The predicted molar refractivity (Wildman–Crippen MR) is 69.9 cm³/mol. The highest BCUT2D eigenvalue weighted by atomic mass is 32.1. The fourth-order valence-corrected chi connectivity index (χ4v) is 2.40. The average molecular weight is 266 g/mol. The second kappa shape index (κ2) is 6.04.